The zero-order valence-electron chi connectivity index (χ0n) is 13.5. The molecule has 0 saturated heterocycles. The molecule has 0 aromatic heterocycles. The van der Waals surface area contributed by atoms with Crippen molar-refractivity contribution in [1.82, 2.24) is 5.32 Å². The van der Waals surface area contributed by atoms with Gasteiger partial charge in [0.1, 0.15) is 0 Å². The minimum absolute atomic E-state index is 0.0544. The van der Waals surface area contributed by atoms with Gasteiger partial charge in [-0.3, -0.25) is 4.79 Å². The Bertz CT molecular complexity index is 478. The number of rotatable bonds is 5. The molecule has 0 spiro atoms. The number of nitrogens with two attached hydrogens (primary N) is 1. The lowest BCUT2D eigenvalue weighted by atomic mass is 9.84. The average molecular weight is 288 g/mol. The van der Waals surface area contributed by atoms with Gasteiger partial charge in [-0.2, -0.15) is 0 Å². The third-order valence-corrected chi connectivity index (χ3v) is 4.73. The first-order valence-electron chi connectivity index (χ1n) is 7.98. The second-order valence-corrected chi connectivity index (χ2v) is 7.09. The van der Waals surface area contributed by atoms with Crippen LogP contribution in [-0.2, 0) is 10.2 Å². The van der Waals surface area contributed by atoms with Crippen molar-refractivity contribution in [1.29, 1.82) is 0 Å². The highest BCUT2D eigenvalue weighted by atomic mass is 16.1. The second-order valence-electron chi connectivity index (χ2n) is 7.09. The molecule has 0 bridgehead atoms. The van der Waals surface area contributed by atoms with Gasteiger partial charge in [0.25, 0.3) is 0 Å². The molecule has 1 aromatic rings. The summed E-state index contributed by atoms with van der Waals surface area (Å²) in [4.78, 5) is 12.1. The molecule has 1 aliphatic carbocycles. The van der Waals surface area contributed by atoms with Crippen molar-refractivity contribution in [2.45, 2.75) is 57.9 Å². The lowest BCUT2D eigenvalue weighted by Gasteiger charge is -2.26. The van der Waals surface area contributed by atoms with Crippen molar-refractivity contribution in [2.75, 3.05) is 6.54 Å². The molecule has 0 radical (unpaired) electrons. The van der Waals surface area contributed by atoms with Crippen molar-refractivity contribution in [3.63, 3.8) is 0 Å². The molecule has 2 atom stereocenters. The summed E-state index contributed by atoms with van der Waals surface area (Å²) in [6.45, 7) is 7.08. The van der Waals surface area contributed by atoms with Crippen molar-refractivity contribution in [3.05, 3.63) is 35.4 Å². The second kappa shape index (κ2) is 6.61. The first-order valence-corrected chi connectivity index (χ1v) is 7.98. The minimum atomic E-state index is -0.0544. The SMILES string of the molecule is Cc1ccc(C(C)(C)CNC(=O)C[C@@H]2CCC[C@H]2N)cc1. The van der Waals surface area contributed by atoms with Crippen LogP contribution in [0.15, 0.2) is 24.3 Å². The fourth-order valence-corrected chi connectivity index (χ4v) is 3.06. The standard InChI is InChI=1S/C18H28N2O/c1-13-7-9-15(10-8-13)18(2,3)12-20-17(21)11-14-5-4-6-16(14)19/h7-10,14,16H,4-6,11-12,19H2,1-3H3,(H,20,21)/t14-,16+/m0/s1. The van der Waals surface area contributed by atoms with E-state index in [9.17, 15) is 4.79 Å². The van der Waals surface area contributed by atoms with Crippen molar-refractivity contribution >= 4 is 5.91 Å². The molecule has 3 heteroatoms. The van der Waals surface area contributed by atoms with E-state index in [1.54, 1.807) is 0 Å². The van der Waals surface area contributed by atoms with E-state index in [0.717, 1.165) is 19.3 Å². The summed E-state index contributed by atoms with van der Waals surface area (Å²) in [5, 5.41) is 3.09. The quantitative estimate of drug-likeness (QED) is 0.875. The zero-order valence-corrected chi connectivity index (χ0v) is 13.5. The van der Waals surface area contributed by atoms with Crippen LogP contribution in [-0.4, -0.2) is 18.5 Å². The van der Waals surface area contributed by atoms with E-state index in [4.69, 9.17) is 5.73 Å². The van der Waals surface area contributed by atoms with E-state index >= 15 is 0 Å². The van der Waals surface area contributed by atoms with Crippen LogP contribution in [0.25, 0.3) is 0 Å². The van der Waals surface area contributed by atoms with Gasteiger partial charge in [-0.25, -0.2) is 0 Å². The maximum atomic E-state index is 12.1. The molecule has 0 heterocycles. The van der Waals surface area contributed by atoms with Crippen LogP contribution in [0.5, 0.6) is 0 Å². The van der Waals surface area contributed by atoms with Crippen LogP contribution in [0.2, 0.25) is 0 Å². The van der Waals surface area contributed by atoms with Crippen LogP contribution >= 0.6 is 0 Å². The zero-order chi connectivity index (χ0) is 15.5. The van der Waals surface area contributed by atoms with Crippen LogP contribution < -0.4 is 11.1 Å². The van der Waals surface area contributed by atoms with Crippen molar-refractivity contribution < 1.29 is 4.79 Å². The van der Waals surface area contributed by atoms with Crippen molar-refractivity contribution in [3.8, 4) is 0 Å². The van der Waals surface area contributed by atoms with E-state index < -0.39 is 0 Å². The van der Waals surface area contributed by atoms with Crippen LogP contribution in [0.4, 0.5) is 0 Å². The van der Waals surface area contributed by atoms with Gasteiger partial charge in [-0.15, -0.1) is 0 Å². The Balaban J connectivity index is 1.86. The molecule has 1 saturated carbocycles. The molecule has 116 valence electrons. The molecule has 1 aromatic carbocycles. The Hall–Kier alpha value is -1.35. The number of hydrogen-bond donors (Lipinski definition) is 2. The van der Waals surface area contributed by atoms with Gasteiger partial charge >= 0.3 is 0 Å². The summed E-state index contributed by atoms with van der Waals surface area (Å²) in [7, 11) is 0. The number of benzene rings is 1. The topological polar surface area (TPSA) is 55.1 Å². The third kappa shape index (κ3) is 4.31. The first-order chi connectivity index (χ1) is 9.88. The molecule has 1 amide bonds. The van der Waals surface area contributed by atoms with Gasteiger partial charge < -0.3 is 11.1 Å². The Labute approximate surface area is 128 Å². The summed E-state index contributed by atoms with van der Waals surface area (Å²) >= 11 is 0. The fourth-order valence-electron chi connectivity index (χ4n) is 3.06. The van der Waals surface area contributed by atoms with Gasteiger partial charge in [0, 0.05) is 24.4 Å². The molecule has 3 N–H and O–H groups in total. The highest BCUT2D eigenvalue weighted by Crippen LogP contribution is 2.27. The van der Waals surface area contributed by atoms with Crippen LogP contribution in [0.1, 0.15) is 50.7 Å². The maximum Gasteiger partial charge on any atom is 0.220 e. The van der Waals surface area contributed by atoms with Gasteiger partial charge in [-0.05, 0) is 31.2 Å². The third-order valence-electron chi connectivity index (χ3n) is 4.73. The predicted molar refractivity (Wildman–Crippen MR) is 87.1 cm³/mol. The van der Waals surface area contributed by atoms with E-state index in [-0.39, 0.29) is 17.4 Å². The van der Waals surface area contributed by atoms with E-state index in [1.165, 1.54) is 11.1 Å². The number of aryl methyl sites for hydroxylation is 1. The Kier molecular flexibility index (Phi) is 5.04. The monoisotopic (exact) mass is 288 g/mol. The molecule has 1 aliphatic rings. The number of amides is 1. The predicted octanol–water partition coefficient (Wildman–Crippen LogP) is 2.91. The molecule has 1 fully saturated rings. The Morgan fingerprint density at radius 1 is 1.29 bits per heavy atom. The van der Waals surface area contributed by atoms with Gasteiger partial charge in [0.05, 0.1) is 0 Å². The smallest absolute Gasteiger partial charge is 0.220 e. The largest absolute Gasteiger partial charge is 0.355 e. The average Bonchev–Trinajstić information content (AvgIpc) is 2.83. The minimum Gasteiger partial charge on any atom is -0.355 e. The van der Waals surface area contributed by atoms with Crippen LogP contribution in [0, 0.1) is 12.8 Å². The first kappa shape index (κ1) is 16.0. The van der Waals surface area contributed by atoms with E-state index in [1.807, 2.05) is 0 Å². The Morgan fingerprint density at radius 3 is 2.52 bits per heavy atom. The number of carbonyl (C=O) groups excluding carboxylic acids is 1. The highest BCUT2D eigenvalue weighted by Gasteiger charge is 2.27. The summed E-state index contributed by atoms with van der Waals surface area (Å²) in [6.07, 6.45) is 3.89. The van der Waals surface area contributed by atoms with Crippen molar-refractivity contribution in [2.24, 2.45) is 11.7 Å². The van der Waals surface area contributed by atoms with Gasteiger partial charge in [-0.1, -0.05) is 50.1 Å². The normalized spacial score (nSPS) is 22.3. The van der Waals surface area contributed by atoms with Gasteiger partial charge in [0.15, 0.2) is 0 Å². The lowest BCUT2D eigenvalue weighted by Crippen LogP contribution is -2.38. The maximum absolute atomic E-state index is 12.1. The summed E-state index contributed by atoms with van der Waals surface area (Å²) < 4.78 is 0. The summed E-state index contributed by atoms with van der Waals surface area (Å²) in [5.74, 6) is 0.505. The van der Waals surface area contributed by atoms with E-state index in [2.05, 4.69) is 50.4 Å². The highest BCUT2D eigenvalue weighted by molar-refractivity contribution is 5.76. The number of hydrogen-bond acceptors (Lipinski definition) is 2. The number of nitrogens with one attached hydrogen (secondary N) is 1. The van der Waals surface area contributed by atoms with Gasteiger partial charge in [0.2, 0.25) is 5.91 Å². The summed E-state index contributed by atoms with van der Waals surface area (Å²) in [6, 6.07) is 8.75. The fraction of sp³-hybridized carbons (Fsp3) is 0.611. The van der Waals surface area contributed by atoms with E-state index in [0.29, 0.717) is 18.9 Å². The lowest BCUT2D eigenvalue weighted by molar-refractivity contribution is -0.122. The molecule has 0 unspecified atom stereocenters. The summed E-state index contributed by atoms with van der Waals surface area (Å²) in [5.41, 5.74) is 8.49. The molecule has 2 rings (SSSR count). The molecule has 3 nitrogen and oxygen atoms in total. The van der Waals surface area contributed by atoms with Crippen LogP contribution in [0.3, 0.4) is 0 Å². The molecule has 21 heavy (non-hydrogen) atoms. The molecular weight excluding hydrogens is 260 g/mol. The molecular formula is C18H28N2O. The number of carbonyl (C=O) groups is 1. The molecule has 0 aliphatic heterocycles. The Morgan fingerprint density at radius 2 is 1.95 bits per heavy atom.